The molecule has 0 radical (unpaired) electrons. The first-order valence-electron chi connectivity index (χ1n) is 13.7. The molecular weight excluding hydrogens is 568 g/mol. The van der Waals surface area contributed by atoms with E-state index in [-0.39, 0.29) is 19.1 Å². The van der Waals surface area contributed by atoms with E-state index in [1.54, 1.807) is 12.1 Å². The maximum atomic E-state index is 12.5. The summed E-state index contributed by atoms with van der Waals surface area (Å²) in [5.74, 6) is -0.313. The SMILES string of the molecule is Cc1cc(C2=C(c3ccc(Cl)cc3Cl)CCCc3cc(C(=O)O)ccc32)cc(C)c1CC1CN(CCCF)C1.Cl. The summed E-state index contributed by atoms with van der Waals surface area (Å²) in [5.41, 5.74) is 10.7. The summed E-state index contributed by atoms with van der Waals surface area (Å²) in [6, 6.07) is 15.7. The van der Waals surface area contributed by atoms with E-state index in [0.29, 0.717) is 27.9 Å². The number of aromatic carboxylic acids is 1. The number of allylic oxidation sites excluding steroid dienone is 1. The normalized spacial score (nSPS) is 15.7. The number of halogens is 4. The lowest BCUT2D eigenvalue weighted by molar-refractivity contribution is 0.0696. The molecule has 0 aromatic heterocycles. The number of fused-ring (bicyclic) bond motifs is 1. The smallest absolute Gasteiger partial charge is 0.335 e. The molecule has 40 heavy (non-hydrogen) atoms. The highest BCUT2D eigenvalue weighted by Crippen LogP contribution is 2.43. The standard InChI is InChI=1S/C33H34Cl2FNO2.ClH/c1-20-13-25(14-21(2)30(20)15-22-18-37(19-22)12-4-11-36)32-27-9-7-24(33(38)39)16-23(27)5-3-6-29(32)28-10-8-26(34)17-31(28)35;/h7-10,13-14,16-17,22H,3-6,11-12,15,18-19H2,1-2H3,(H,38,39);1H. The molecule has 2 aliphatic rings. The molecule has 1 fully saturated rings. The maximum Gasteiger partial charge on any atom is 0.335 e. The van der Waals surface area contributed by atoms with Crippen LogP contribution in [-0.4, -0.2) is 42.3 Å². The van der Waals surface area contributed by atoms with Crippen LogP contribution in [-0.2, 0) is 12.8 Å². The van der Waals surface area contributed by atoms with Crippen LogP contribution in [0.3, 0.4) is 0 Å². The lowest BCUT2D eigenvalue weighted by Gasteiger charge is -2.40. The first-order chi connectivity index (χ1) is 18.7. The van der Waals surface area contributed by atoms with E-state index in [4.69, 9.17) is 23.2 Å². The van der Waals surface area contributed by atoms with Crippen molar-refractivity contribution in [1.82, 2.24) is 4.90 Å². The second-order valence-electron chi connectivity index (χ2n) is 11.0. The highest BCUT2D eigenvalue weighted by atomic mass is 35.5. The van der Waals surface area contributed by atoms with Crippen molar-refractivity contribution in [3.05, 3.63) is 103 Å². The summed E-state index contributed by atoms with van der Waals surface area (Å²) in [6.07, 6.45) is 4.15. The topological polar surface area (TPSA) is 40.5 Å². The van der Waals surface area contributed by atoms with Gasteiger partial charge in [0.25, 0.3) is 0 Å². The minimum atomic E-state index is -0.913. The number of carboxylic acid groups (broad SMARTS) is 1. The second kappa shape index (κ2) is 13.1. The van der Waals surface area contributed by atoms with Crippen LogP contribution in [0.15, 0.2) is 48.5 Å². The molecule has 7 heteroatoms. The van der Waals surface area contributed by atoms with Gasteiger partial charge in [0, 0.05) is 29.7 Å². The molecule has 1 aliphatic carbocycles. The predicted molar refractivity (Wildman–Crippen MR) is 166 cm³/mol. The summed E-state index contributed by atoms with van der Waals surface area (Å²) in [4.78, 5) is 14.1. The molecule has 3 aromatic carbocycles. The van der Waals surface area contributed by atoms with Crippen LogP contribution < -0.4 is 0 Å². The van der Waals surface area contributed by atoms with Crippen LogP contribution in [0.1, 0.15) is 68.6 Å². The van der Waals surface area contributed by atoms with Gasteiger partial charge in [-0.05, 0) is 126 Å². The lowest BCUT2D eigenvalue weighted by atomic mass is 9.83. The van der Waals surface area contributed by atoms with Gasteiger partial charge in [-0.3, -0.25) is 4.39 Å². The lowest BCUT2D eigenvalue weighted by Crippen LogP contribution is -2.48. The number of hydrogen-bond acceptors (Lipinski definition) is 2. The van der Waals surface area contributed by atoms with Gasteiger partial charge in [-0.1, -0.05) is 47.5 Å². The van der Waals surface area contributed by atoms with Gasteiger partial charge < -0.3 is 10.0 Å². The maximum absolute atomic E-state index is 12.5. The van der Waals surface area contributed by atoms with Crippen LogP contribution in [0, 0.1) is 19.8 Å². The number of rotatable bonds is 8. The Morgan fingerprint density at radius 1 is 1.00 bits per heavy atom. The van der Waals surface area contributed by atoms with Crippen molar-refractivity contribution in [1.29, 1.82) is 0 Å². The second-order valence-corrected chi connectivity index (χ2v) is 11.8. The Labute approximate surface area is 252 Å². The van der Waals surface area contributed by atoms with Crippen molar-refractivity contribution in [3.8, 4) is 0 Å². The summed E-state index contributed by atoms with van der Waals surface area (Å²) < 4.78 is 12.5. The fourth-order valence-corrected chi connectivity index (χ4v) is 6.80. The number of benzene rings is 3. The van der Waals surface area contributed by atoms with Gasteiger partial charge in [0.15, 0.2) is 0 Å². The quantitative estimate of drug-likeness (QED) is 0.280. The fraction of sp³-hybridized carbons (Fsp3) is 0.364. The first kappa shape index (κ1) is 30.6. The van der Waals surface area contributed by atoms with E-state index < -0.39 is 5.97 Å². The molecule has 0 atom stereocenters. The van der Waals surface area contributed by atoms with E-state index in [9.17, 15) is 14.3 Å². The van der Waals surface area contributed by atoms with Crippen molar-refractivity contribution in [3.63, 3.8) is 0 Å². The van der Waals surface area contributed by atoms with Gasteiger partial charge in [-0.2, -0.15) is 0 Å². The largest absolute Gasteiger partial charge is 0.478 e. The number of carboxylic acids is 1. The molecule has 0 amide bonds. The Bertz CT molecular complexity index is 1420. The van der Waals surface area contributed by atoms with Gasteiger partial charge in [-0.25, -0.2) is 4.79 Å². The van der Waals surface area contributed by atoms with Gasteiger partial charge in [0.2, 0.25) is 0 Å². The highest BCUT2D eigenvalue weighted by molar-refractivity contribution is 6.36. The van der Waals surface area contributed by atoms with E-state index >= 15 is 0 Å². The zero-order valence-electron chi connectivity index (χ0n) is 22.9. The highest BCUT2D eigenvalue weighted by Gasteiger charge is 2.28. The number of hydrogen-bond donors (Lipinski definition) is 1. The number of nitrogens with zero attached hydrogens (tertiary/aromatic N) is 1. The minimum absolute atomic E-state index is 0. The Morgan fingerprint density at radius 3 is 2.35 bits per heavy atom. The third-order valence-electron chi connectivity index (χ3n) is 8.17. The Hall–Kier alpha value is -2.37. The molecule has 0 spiro atoms. The monoisotopic (exact) mass is 601 g/mol. The molecular formula is C33H35Cl3FNO2. The summed E-state index contributed by atoms with van der Waals surface area (Å²) in [7, 11) is 0. The Morgan fingerprint density at radius 2 is 1.70 bits per heavy atom. The number of carbonyl (C=O) groups is 1. The third kappa shape index (κ3) is 6.41. The molecule has 1 N–H and O–H groups in total. The molecule has 1 heterocycles. The zero-order valence-corrected chi connectivity index (χ0v) is 25.2. The van der Waals surface area contributed by atoms with Crippen molar-refractivity contribution in [2.45, 2.75) is 46.0 Å². The summed E-state index contributed by atoms with van der Waals surface area (Å²) >= 11 is 13.0. The average Bonchev–Trinajstić information content (AvgIpc) is 3.05. The van der Waals surface area contributed by atoms with Crippen molar-refractivity contribution in [2.24, 2.45) is 5.92 Å². The average molecular weight is 603 g/mol. The number of aryl methyl sites for hydroxylation is 3. The third-order valence-corrected chi connectivity index (χ3v) is 8.72. The van der Waals surface area contributed by atoms with E-state index in [2.05, 4.69) is 30.9 Å². The molecule has 0 unspecified atom stereocenters. The Balaban J connectivity index is 0.00000370. The van der Waals surface area contributed by atoms with Crippen LogP contribution in [0.5, 0.6) is 0 Å². The van der Waals surface area contributed by atoms with Crippen LogP contribution >= 0.6 is 35.6 Å². The predicted octanol–water partition coefficient (Wildman–Crippen LogP) is 8.86. The Kier molecular flexibility index (Phi) is 10.00. The molecule has 212 valence electrons. The molecule has 0 bridgehead atoms. The summed E-state index contributed by atoms with van der Waals surface area (Å²) in [5, 5.41) is 10.8. The van der Waals surface area contributed by atoms with Crippen LogP contribution in [0.2, 0.25) is 10.0 Å². The summed E-state index contributed by atoms with van der Waals surface area (Å²) in [6.45, 7) is 7.03. The van der Waals surface area contributed by atoms with Crippen molar-refractivity contribution in [2.75, 3.05) is 26.3 Å². The van der Waals surface area contributed by atoms with Crippen molar-refractivity contribution < 1.29 is 14.3 Å². The van der Waals surface area contributed by atoms with E-state index in [1.807, 2.05) is 24.3 Å². The zero-order chi connectivity index (χ0) is 27.7. The molecule has 1 aliphatic heterocycles. The number of likely N-dealkylation sites (tertiary alicyclic amines) is 1. The van der Waals surface area contributed by atoms with Crippen molar-refractivity contribution >= 4 is 52.7 Å². The van der Waals surface area contributed by atoms with Gasteiger partial charge in [-0.15, -0.1) is 12.4 Å². The first-order valence-corrected chi connectivity index (χ1v) is 14.4. The van der Waals surface area contributed by atoms with Crippen LogP contribution in [0.25, 0.3) is 11.1 Å². The fourth-order valence-electron chi connectivity index (χ4n) is 6.27. The van der Waals surface area contributed by atoms with E-state index in [0.717, 1.165) is 78.7 Å². The molecule has 0 saturated carbocycles. The number of alkyl halides is 1. The molecule has 3 aromatic rings. The van der Waals surface area contributed by atoms with E-state index in [1.165, 1.54) is 16.7 Å². The minimum Gasteiger partial charge on any atom is -0.478 e. The van der Waals surface area contributed by atoms with Gasteiger partial charge in [0.05, 0.1) is 12.2 Å². The molecule has 3 nitrogen and oxygen atoms in total. The van der Waals surface area contributed by atoms with Gasteiger partial charge >= 0.3 is 5.97 Å². The van der Waals surface area contributed by atoms with Crippen LogP contribution in [0.4, 0.5) is 4.39 Å². The van der Waals surface area contributed by atoms with Gasteiger partial charge in [0.1, 0.15) is 0 Å². The molecule has 5 rings (SSSR count). The molecule has 1 saturated heterocycles.